The monoisotopic (exact) mass is 113 g/mol. The molecule has 0 spiro atoms. The first-order valence-corrected chi connectivity index (χ1v) is 2.84. The van der Waals surface area contributed by atoms with Gasteiger partial charge < -0.3 is 10.4 Å². The maximum absolute atomic E-state index is 8.58. The Morgan fingerprint density at radius 3 is 2.88 bits per heavy atom. The zero-order chi connectivity index (χ0) is 5.98. The minimum atomic E-state index is 0.235. The van der Waals surface area contributed by atoms with Gasteiger partial charge in [-0.3, -0.25) is 0 Å². The predicted octanol–water partition coefficient (Wildman–Crippen LogP) is -0.103. The van der Waals surface area contributed by atoms with Crippen LogP contribution in [0.25, 0.3) is 0 Å². The number of aliphatic hydroxyl groups is 1. The Kier molecular flexibility index (Phi) is 1.65. The first-order chi connectivity index (χ1) is 3.83. The fourth-order valence-electron chi connectivity index (χ4n) is 0.911. The van der Waals surface area contributed by atoms with E-state index < -0.39 is 0 Å². The van der Waals surface area contributed by atoms with Gasteiger partial charge in [0.25, 0.3) is 0 Å². The van der Waals surface area contributed by atoms with Crippen LogP contribution in [0, 0.1) is 0 Å². The van der Waals surface area contributed by atoms with Gasteiger partial charge in [0.1, 0.15) is 0 Å². The molecule has 1 heterocycles. The quantitative estimate of drug-likeness (QED) is 0.465. The van der Waals surface area contributed by atoms with Gasteiger partial charge in [-0.05, 0) is 6.42 Å². The molecule has 0 radical (unpaired) electrons. The first-order valence-electron chi connectivity index (χ1n) is 2.84. The molecular formula is C6H11NO. The van der Waals surface area contributed by atoms with E-state index in [2.05, 4.69) is 11.9 Å². The molecule has 0 unspecified atom stereocenters. The van der Waals surface area contributed by atoms with Crippen LogP contribution < -0.4 is 5.32 Å². The van der Waals surface area contributed by atoms with E-state index in [0.717, 1.165) is 13.0 Å². The van der Waals surface area contributed by atoms with Crippen LogP contribution in [0.4, 0.5) is 0 Å². The third-order valence-corrected chi connectivity index (χ3v) is 1.40. The molecule has 0 saturated carbocycles. The number of hydrogen-bond acceptors (Lipinski definition) is 2. The van der Waals surface area contributed by atoms with Crippen molar-refractivity contribution < 1.29 is 5.11 Å². The zero-order valence-electron chi connectivity index (χ0n) is 4.85. The van der Waals surface area contributed by atoms with Gasteiger partial charge in [-0.15, -0.1) is 0 Å². The van der Waals surface area contributed by atoms with Crippen molar-refractivity contribution in [3.63, 3.8) is 0 Å². The Labute approximate surface area is 49.2 Å². The largest absolute Gasteiger partial charge is 0.395 e. The maximum Gasteiger partial charge on any atom is 0.0587 e. The second-order valence-corrected chi connectivity index (χ2v) is 2.21. The molecule has 0 aliphatic carbocycles. The number of hydrogen-bond donors (Lipinski definition) is 2. The summed E-state index contributed by atoms with van der Waals surface area (Å²) >= 11 is 0. The molecular weight excluding hydrogens is 102 g/mol. The lowest BCUT2D eigenvalue weighted by molar-refractivity contribution is 0.256. The predicted molar refractivity (Wildman–Crippen MR) is 32.6 cm³/mol. The van der Waals surface area contributed by atoms with Gasteiger partial charge in [0.05, 0.1) is 6.61 Å². The summed E-state index contributed by atoms with van der Waals surface area (Å²) in [5.74, 6) is 0. The van der Waals surface area contributed by atoms with Crippen LogP contribution >= 0.6 is 0 Å². The van der Waals surface area contributed by atoms with E-state index in [1.54, 1.807) is 0 Å². The molecule has 2 nitrogen and oxygen atoms in total. The number of nitrogens with one attached hydrogen (secondary N) is 1. The molecule has 1 aliphatic heterocycles. The molecule has 2 N–H and O–H groups in total. The van der Waals surface area contributed by atoms with Gasteiger partial charge >= 0.3 is 0 Å². The smallest absolute Gasteiger partial charge is 0.0587 e. The summed E-state index contributed by atoms with van der Waals surface area (Å²) in [6, 6.07) is 0.280. The Hall–Kier alpha value is -0.340. The molecule has 1 fully saturated rings. The fourth-order valence-corrected chi connectivity index (χ4v) is 0.911. The molecule has 2 heteroatoms. The van der Waals surface area contributed by atoms with Gasteiger partial charge in [0, 0.05) is 12.6 Å². The van der Waals surface area contributed by atoms with Crippen LogP contribution in [-0.2, 0) is 0 Å². The lowest BCUT2D eigenvalue weighted by Crippen LogP contribution is -2.24. The molecule has 1 atom stereocenters. The highest BCUT2D eigenvalue weighted by Gasteiger charge is 2.14. The Balaban J connectivity index is 2.32. The SMILES string of the molecule is C=C1CN[C@H](CO)C1. The van der Waals surface area contributed by atoms with Crippen molar-refractivity contribution in [3.05, 3.63) is 12.2 Å². The van der Waals surface area contributed by atoms with E-state index in [9.17, 15) is 0 Å². The average molecular weight is 113 g/mol. The highest BCUT2D eigenvalue weighted by atomic mass is 16.3. The van der Waals surface area contributed by atoms with E-state index in [1.807, 2.05) is 0 Å². The van der Waals surface area contributed by atoms with Crippen LogP contribution in [0.2, 0.25) is 0 Å². The third kappa shape index (κ3) is 1.08. The third-order valence-electron chi connectivity index (χ3n) is 1.40. The second-order valence-electron chi connectivity index (χ2n) is 2.21. The minimum absolute atomic E-state index is 0.235. The molecule has 0 aromatic carbocycles. The van der Waals surface area contributed by atoms with Crippen molar-refractivity contribution in [2.75, 3.05) is 13.2 Å². The van der Waals surface area contributed by atoms with Crippen molar-refractivity contribution in [1.82, 2.24) is 5.32 Å². The molecule has 1 rings (SSSR count). The standard InChI is InChI=1S/C6H11NO/c1-5-2-6(4-8)7-3-5/h6-8H,1-4H2/t6-/m0/s1. The zero-order valence-corrected chi connectivity index (χ0v) is 4.85. The molecule has 1 saturated heterocycles. The second kappa shape index (κ2) is 2.29. The van der Waals surface area contributed by atoms with Gasteiger partial charge in [0.2, 0.25) is 0 Å². The first kappa shape index (κ1) is 5.79. The minimum Gasteiger partial charge on any atom is -0.395 e. The van der Waals surface area contributed by atoms with Gasteiger partial charge in [-0.2, -0.15) is 0 Å². The molecule has 46 valence electrons. The Morgan fingerprint density at radius 2 is 2.62 bits per heavy atom. The molecule has 0 aromatic heterocycles. The van der Waals surface area contributed by atoms with Crippen molar-refractivity contribution in [3.8, 4) is 0 Å². The van der Waals surface area contributed by atoms with E-state index in [4.69, 9.17) is 5.11 Å². The van der Waals surface area contributed by atoms with Gasteiger partial charge in [-0.25, -0.2) is 0 Å². The van der Waals surface area contributed by atoms with E-state index >= 15 is 0 Å². The fraction of sp³-hybridized carbons (Fsp3) is 0.667. The summed E-state index contributed by atoms with van der Waals surface area (Å²) < 4.78 is 0. The molecule has 0 amide bonds. The number of rotatable bonds is 1. The summed E-state index contributed by atoms with van der Waals surface area (Å²) in [6.07, 6.45) is 0.941. The van der Waals surface area contributed by atoms with E-state index in [0.29, 0.717) is 0 Å². The van der Waals surface area contributed by atoms with E-state index in [1.165, 1.54) is 5.57 Å². The average Bonchev–Trinajstić information content (AvgIpc) is 2.14. The molecule has 0 bridgehead atoms. The summed E-state index contributed by atoms with van der Waals surface area (Å²) in [5, 5.41) is 11.7. The van der Waals surface area contributed by atoms with Crippen molar-refractivity contribution >= 4 is 0 Å². The maximum atomic E-state index is 8.58. The summed E-state index contributed by atoms with van der Waals surface area (Å²) in [6.45, 7) is 4.89. The lowest BCUT2D eigenvalue weighted by atomic mass is 10.2. The molecule has 0 aromatic rings. The summed E-state index contributed by atoms with van der Waals surface area (Å²) in [7, 11) is 0. The van der Waals surface area contributed by atoms with Crippen LogP contribution in [-0.4, -0.2) is 24.3 Å². The highest BCUT2D eigenvalue weighted by molar-refractivity contribution is 5.06. The number of aliphatic hydroxyl groups excluding tert-OH is 1. The van der Waals surface area contributed by atoms with Gasteiger partial charge in [-0.1, -0.05) is 12.2 Å². The van der Waals surface area contributed by atoms with Crippen molar-refractivity contribution in [1.29, 1.82) is 0 Å². The topological polar surface area (TPSA) is 32.3 Å². The lowest BCUT2D eigenvalue weighted by Gasteiger charge is -2.01. The van der Waals surface area contributed by atoms with Crippen LogP contribution in [0.5, 0.6) is 0 Å². The van der Waals surface area contributed by atoms with E-state index in [-0.39, 0.29) is 12.6 Å². The van der Waals surface area contributed by atoms with Crippen LogP contribution in [0.1, 0.15) is 6.42 Å². The van der Waals surface area contributed by atoms with Crippen molar-refractivity contribution in [2.24, 2.45) is 0 Å². The highest BCUT2D eigenvalue weighted by Crippen LogP contribution is 2.08. The molecule has 8 heavy (non-hydrogen) atoms. The van der Waals surface area contributed by atoms with Crippen LogP contribution in [0.3, 0.4) is 0 Å². The van der Waals surface area contributed by atoms with Gasteiger partial charge in [0.15, 0.2) is 0 Å². The summed E-state index contributed by atoms with van der Waals surface area (Å²) in [5.41, 5.74) is 1.20. The Morgan fingerprint density at radius 1 is 1.88 bits per heavy atom. The van der Waals surface area contributed by atoms with Crippen LogP contribution in [0.15, 0.2) is 12.2 Å². The Bertz CT molecular complexity index is 101. The molecule has 1 aliphatic rings. The normalized spacial score (nSPS) is 29.1. The summed E-state index contributed by atoms with van der Waals surface area (Å²) in [4.78, 5) is 0. The van der Waals surface area contributed by atoms with Crippen molar-refractivity contribution in [2.45, 2.75) is 12.5 Å².